The van der Waals surface area contributed by atoms with E-state index in [1.807, 2.05) is 30.8 Å². The molecule has 1 heterocycles. The number of carbonyl (C=O) groups is 1. The van der Waals surface area contributed by atoms with Crippen LogP contribution in [0.3, 0.4) is 0 Å². The zero-order chi connectivity index (χ0) is 10.2. The van der Waals surface area contributed by atoms with Gasteiger partial charge in [0.25, 0.3) is 0 Å². The van der Waals surface area contributed by atoms with Gasteiger partial charge in [0.1, 0.15) is 11.5 Å². The molecule has 0 aromatic carbocycles. The lowest BCUT2D eigenvalue weighted by atomic mass is 10.2. The fraction of sp³-hybridized carbons (Fsp3) is 0.545. The second kappa shape index (κ2) is 6.71. The first-order chi connectivity index (χ1) is 6.83. The van der Waals surface area contributed by atoms with Crippen LogP contribution in [-0.2, 0) is 10.5 Å². The maximum absolute atomic E-state index is 11.0. The van der Waals surface area contributed by atoms with Crippen molar-refractivity contribution in [1.82, 2.24) is 0 Å². The van der Waals surface area contributed by atoms with E-state index in [-0.39, 0.29) is 0 Å². The first kappa shape index (κ1) is 11.4. The maximum Gasteiger partial charge on any atom is 0.132 e. The number of thioether (sulfide) groups is 1. The summed E-state index contributed by atoms with van der Waals surface area (Å²) in [6.07, 6.45) is 4.07. The first-order valence-electron chi connectivity index (χ1n) is 4.94. The van der Waals surface area contributed by atoms with Crippen molar-refractivity contribution in [3.8, 4) is 0 Å². The standard InChI is InChI=1S/C11H16O2S/c1-2-10(12)5-4-8-14-9-11-6-3-7-13-11/h3,6-7H,2,4-5,8-9H2,1H3. The minimum atomic E-state index is 0.364. The normalized spacial score (nSPS) is 10.4. The topological polar surface area (TPSA) is 30.2 Å². The van der Waals surface area contributed by atoms with Crippen LogP contribution in [-0.4, -0.2) is 11.5 Å². The van der Waals surface area contributed by atoms with Crippen LogP contribution in [0, 0.1) is 0 Å². The number of Topliss-reactive ketones (excluding diaryl/α,β-unsaturated/α-hetero) is 1. The molecule has 1 aromatic heterocycles. The van der Waals surface area contributed by atoms with E-state index in [0.717, 1.165) is 30.1 Å². The molecule has 2 nitrogen and oxygen atoms in total. The Bertz CT molecular complexity index is 254. The summed E-state index contributed by atoms with van der Waals surface area (Å²) in [5.41, 5.74) is 0. The van der Waals surface area contributed by atoms with E-state index in [1.54, 1.807) is 6.26 Å². The molecule has 1 rings (SSSR count). The highest BCUT2D eigenvalue weighted by Gasteiger charge is 1.99. The molecule has 1 aromatic rings. The molecule has 0 spiro atoms. The summed E-state index contributed by atoms with van der Waals surface area (Å²) in [6.45, 7) is 1.92. The predicted octanol–water partition coefficient (Wildman–Crippen LogP) is 3.27. The van der Waals surface area contributed by atoms with E-state index in [2.05, 4.69) is 0 Å². The number of hydrogen-bond acceptors (Lipinski definition) is 3. The molecule has 0 bridgehead atoms. The second-order valence-electron chi connectivity index (χ2n) is 3.13. The molecule has 3 heteroatoms. The summed E-state index contributed by atoms with van der Waals surface area (Å²) in [5, 5.41) is 0. The molecule has 0 fully saturated rings. The molecule has 0 saturated carbocycles. The van der Waals surface area contributed by atoms with Crippen molar-refractivity contribution in [1.29, 1.82) is 0 Å². The Labute approximate surface area is 89.1 Å². The third-order valence-electron chi connectivity index (χ3n) is 1.96. The molecule has 0 unspecified atom stereocenters. The molecule has 0 aliphatic heterocycles. The van der Waals surface area contributed by atoms with Crippen molar-refractivity contribution in [3.63, 3.8) is 0 Å². The van der Waals surface area contributed by atoms with Gasteiger partial charge in [-0.3, -0.25) is 4.79 Å². The quantitative estimate of drug-likeness (QED) is 0.650. The Morgan fingerprint density at radius 2 is 2.43 bits per heavy atom. The average molecular weight is 212 g/mol. The van der Waals surface area contributed by atoms with Gasteiger partial charge < -0.3 is 4.42 Å². The largest absolute Gasteiger partial charge is 0.468 e. The Morgan fingerprint density at radius 3 is 3.07 bits per heavy atom. The van der Waals surface area contributed by atoms with Crippen LogP contribution in [0.4, 0.5) is 0 Å². The van der Waals surface area contributed by atoms with Crippen molar-refractivity contribution < 1.29 is 9.21 Å². The zero-order valence-electron chi connectivity index (χ0n) is 8.49. The highest BCUT2D eigenvalue weighted by atomic mass is 32.2. The van der Waals surface area contributed by atoms with Gasteiger partial charge in [0, 0.05) is 12.8 Å². The molecule has 0 aliphatic carbocycles. The number of rotatable bonds is 7. The van der Waals surface area contributed by atoms with Gasteiger partial charge in [0.05, 0.1) is 12.0 Å². The lowest BCUT2D eigenvalue weighted by Crippen LogP contribution is -1.95. The van der Waals surface area contributed by atoms with Crippen molar-refractivity contribution in [3.05, 3.63) is 24.2 Å². The van der Waals surface area contributed by atoms with E-state index < -0.39 is 0 Å². The molecular formula is C11H16O2S. The summed E-state index contributed by atoms with van der Waals surface area (Å²) in [7, 11) is 0. The molecule has 14 heavy (non-hydrogen) atoms. The van der Waals surface area contributed by atoms with Gasteiger partial charge in [0.2, 0.25) is 0 Å². The molecule has 0 atom stereocenters. The number of hydrogen-bond donors (Lipinski definition) is 0. The third-order valence-corrected chi connectivity index (χ3v) is 3.03. The third kappa shape index (κ3) is 4.51. The summed E-state index contributed by atoms with van der Waals surface area (Å²) in [6, 6.07) is 3.88. The molecule has 0 aliphatic rings. The van der Waals surface area contributed by atoms with Gasteiger partial charge in [-0.2, -0.15) is 11.8 Å². The summed E-state index contributed by atoms with van der Waals surface area (Å²) in [4.78, 5) is 11.0. The van der Waals surface area contributed by atoms with Gasteiger partial charge in [-0.1, -0.05) is 6.92 Å². The minimum Gasteiger partial charge on any atom is -0.468 e. The van der Waals surface area contributed by atoms with E-state index in [4.69, 9.17) is 4.42 Å². The molecule has 0 radical (unpaired) electrons. The van der Waals surface area contributed by atoms with Gasteiger partial charge in [-0.15, -0.1) is 0 Å². The molecule has 0 N–H and O–H groups in total. The highest BCUT2D eigenvalue weighted by molar-refractivity contribution is 7.98. The number of carbonyl (C=O) groups excluding carboxylic acids is 1. The Balaban J connectivity index is 1.97. The van der Waals surface area contributed by atoms with Gasteiger partial charge in [-0.25, -0.2) is 0 Å². The van der Waals surface area contributed by atoms with Crippen LogP contribution in [0.2, 0.25) is 0 Å². The minimum absolute atomic E-state index is 0.364. The van der Waals surface area contributed by atoms with Crippen LogP contribution in [0.5, 0.6) is 0 Å². The first-order valence-corrected chi connectivity index (χ1v) is 6.10. The SMILES string of the molecule is CCC(=O)CCCSCc1ccco1. The van der Waals surface area contributed by atoms with Crippen molar-refractivity contribution in [2.24, 2.45) is 0 Å². The second-order valence-corrected chi connectivity index (χ2v) is 4.23. The van der Waals surface area contributed by atoms with Gasteiger partial charge in [-0.05, 0) is 24.3 Å². The fourth-order valence-corrected chi connectivity index (χ4v) is 1.97. The van der Waals surface area contributed by atoms with E-state index in [1.165, 1.54) is 0 Å². The van der Waals surface area contributed by atoms with Crippen LogP contribution >= 0.6 is 11.8 Å². The molecule has 78 valence electrons. The van der Waals surface area contributed by atoms with Crippen LogP contribution in [0.15, 0.2) is 22.8 Å². The lowest BCUT2D eigenvalue weighted by Gasteiger charge is -1.98. The number of furan rings is 1. The van der Waals surface area contributed by atoms with Crippen LogP contribution in [0.1, 0.15) is 31.9 Å². The zero-order valence-corrected chi connectivity index (χ0v) is 9.31. The van der Waals surface area contributed by atoms with Crippen molar-refractivity contribution in [2.75, 3.05) is 5.75 Å². The Morgan fingerprint density at radius 1 is 1.57 bits per heavy atom. The smallest absolute Gasteiger partial charge is 0.132 e. The summed E-state index contributed by atoms with van der Waals surface area (Å²) in [5.74, 6) is 3.32. The van der Waals surface area contributed by atoms with E-state index >= 15 is 0 Å². The highest BCUT2D eigenvalue weighted by Crippen LogP contribution is 2.14. The number of ketones is 1. The maximum atomic E-state index is 11.0. The average Bonchev–Trinajstić information content (AvgIpc) is 2.69. The summed E-state index contributed by atoms with van der Waals surface area (Å²) >= 11 is 1.82. The lowest BCUT2D eigenvalue weighted by molar-refractivity contribution is -0.118. The van der Waals surface area contributed by atoms with Crippen LogP contribution < -0.4 is 0 Å². The summed E-state index contributed by atoms with van der Waals surface area (Å²) < 4.78 is 5.19. The van der Waals surface area contributed by atoms with E-state index in [0.29, 0.717) is 12.2 Å². The Kier molecular flexibility index (Phi) is 5.45. The molecular weight excluding hydrogens is 196 g/mol. The predicted molar refractivity (Wildman–Crippen MR) is 59.4 cm³/mol. The fourth-order valence-electron chi connectivity index (χ4n) is 1.12. The monoisotopic (exact) mass is 212 g/mol. The van der Waals surface area contributed by atoms with Crippen molar-refractivity contribution >= 4 is 17.5 Å². The molecule has 0 saturated heterocycles. The molecule has 0 amide bonds. The Hall–Kier alpha value is -0.700. The van der Waals surface area contributed by atoms with Gasteiger partial charge in [0.15, 0.2) is 0 Å². The van der Waals surface area contributed by atoms with Gasteiger partial charge >= 0.3 is 0 Å². The van der Waals surface area contributed by atoms with Crippen molar-refractivity contribution in [2.45, 2.75) is 31.9 Å². The van der Waals surface area contributed by atoms with E-state index in [9.17, 15) is 4.79 Å². The van der Waals surface area contributed by atoms with Crippen LogP contribution in [0.25, 0.3) is 0 Å².